The van der Waals surface area contributed by atoms with Gasteiger partial charge in [0, 0.05) is 6.92 Å². The van der Waals surface area contributed by atoms with Gasteiger partial charge in [0.2, 0.25) is 5.91 Å². The predicted octanol–water partition coefficient (Wildman–Crippen LogP) is 0.728. The zero-order chi connectivity index (χ0) is 13.4. The van der Waals surface area contributed by atoms with Gasteiger partial charge in [-0.2, -0.15) is 0 Å². The van der Waals surface area contributed by atoms with Crippen molar-refractivity contribution in [1.82, 2.24) is 4.90 Å². The summed E-state index contributed by atoms with van der Waals surface area (Å²) in [5, 5.41) is 0. The molecule has 0 aliphatic carbocycles. The highest BCUT2D eigenvalue weighted by molar-refractivity contribution is 5.85. The van der Waals surface area contributed by atoms with Gasteiger partial charge < -0.3 is 14.4 Å². The van der Waals surface area contributed by atoms with Crippen molar-refractivity contribution in [2.24, 2.45) is 0 Å². The van der Waals surface area contributed by atoms with Crippen LogP contribution in [0.2, 0.25) is 0 Å². The van der Waals surface area contributed by atoms with Crippen molar-refractivity contribution in [2.75, 3.05) is 6.54 Å². The fourth-order valence-electron chi connectivity index (χ4n) is 2.47. The smallest absolute Gasteiger partial charge is 0.332 e. The molecule has 2 aliphatic rings. The SMILES string of the molecule is CC(=O)N1C[C@H]2O[C@H]2[C@H]1C(=O)OCc1ccccc1. The van der Waals surface area contributed by atoms with Crippen LogP contribution in [0.3, 0.4) is 0 Å². The van der Waals surface area contributed by atoms with Gasteiger partial charge in [0.1, 0.15) is 18.8 Å². The summed E-state index contributed by atoms with van der Waals surface area (Å²) in [6.45, 7) is 2.17. The van der Waals surface area contributed by atoms with E-state index < -0.39 is 6.04 Å². The van der Waals surface area contributed by atoms with Crippen molar-refractivity contribution in [3.8, 4) is 0 Å². The number of nitrogens with zero attached hydrogens (tertiary/aromatic N) is 1. The molecule has 0 aromatic heterocycles. The Kier molecular flexibility index (Phi) is 2.98. The molecule has 0 spiro atoms. The number of epoxide rings is 1. The number of morpholine rings is 1. The summed E-state index contributed by atoms with van der Waals surface area (Å²) in [6, 6.07) is 8.89. The van der Waals surface area contributed by atoms with Crippen molar-refractivity contribution in [3.05, 3.63) is 35.9 Å². The van der Waals surface area contributed by atoms with Gasteiger partial charge in [-0.05, 0) is 5.56 Å². The summed E-state index contributed by atoms with van der Waals surface area (Å²) < 4.78 is 10.6. The molecule has 2 saturated heterocycles. The number of ether oxygens (including phenoxy) is 2. The van der Waals surface area contributed by atoms with E-state index >= 15 is 0 Å². The van der Waals surface area contributed by atoms with Gasteiger partial charge in [0.25, 0.3) is 0 Å². The molecule has 2 heterocycles. The zero-order valence-corrected chi connectivity index (χ0v) is 10.6. The lowest BCUT2D eigenvalue weighted by atomic mass is 10.2. The van der Waals surface area contributed by atoms with Crippen molar-refractivity contribution in [2.45, 2.75) is 31.8 Å². The third-order valence-electron chi connectivity index (χ3n) is 3.52. The average Bonchev–Trinajstić information content (AvgIpc) is 3.07. The second kappa shape index (κ2) is 4.66. The van der Waals surface area contributed by atoms with Crippen LogP contribution >= 0.6 is 0 Å². The Bertz CT molecular complexity index is 501. The van der Waals surface area contributed by atoms with Gasteiger partial charge in [-0.1, -0.05) is 30.3 Å². The molecule has 0 N–H and O–H groups in total. The fraction of sp³-hybridized carbons (Fsp3) is 0.429. The molecule has 19 heavy (non-hydrogen) atoms. The van der Waals surface area contributed by atoms with E-state index in [2.05, 4.69) is 0 Å². The second-order valence-corrected chi connectivity index (χ2v) is 4.85. The van der Waals surface area contributed by atoms with Gasteiger partial charge in [-0.3, -0.25) is 4.79 Å². The van der Waals surface area contributed by atoms with E-state index in [1.165, 1.54) is 11.8 Å². The van der Waals surface area contributed by atoms with Crippen molar-refractivity contribution >= 4 is 11.9 Å². The van der Waals surface area contributed by atoms with Gasteiger partial charge in [-0.15, -0.1) is 0 Å². The van der Waals surface area contributed by atoms with Crippen LogP contribution in [0, 0.1) is 0 Å². The second-order valence-electron chi connectivity index (χ2n) is 4.85. The van der Waals surface area contributed by atoms with Crippen molar-refractivity contribution in [3.63, 3.8) is 0 Å². The van der Waals surface area contributed by atoms with E-state index in [1.54, 1.807) is 0 Å². The Labute approximate surface area is 111 Å². The maximum Gasteiger partial charge on any atom is 0.332 e. The topological polar surface area (TPSA) is 59.1 Å². The lowest BCUT2D eigenvalue weighted by molar-refractivity contribution is -0.156. The third-order valence-corrected chi connectivity index (χ3v) is 3.52. The standard InChI is InChI=1S/C14H15NO4/c1-9(16)15-7-11-13(19-11)12(15)14(17)18-8-10-5-3-2-4-6-10/h2-6,11-13H,7-8H2,1H3/t11-,12+,13-/m1/s1. The van der Waals surface area contributed by atoms with E-state index in [1.807, 2.05) is 30.3 Å². The summed E-state index contributed by atoms with van der Waals surface area (Å²) in [4.78, 5) is 25.1. The maximum atomic E-state index is 12.1. The summed E-state index contributed by atoms with van der Waals surface area (Å²) in [7, 11) is 0. The van der Waals surface area contributed by atoms with E-state index in [0.29, 0.717) is 6.54 Å². The Morgan fingerprint density at radius 1 is 1.37 bits per heavy atom. The number of hydrogen-bond acceptors (Lipinski definition) is 4. The van der Waals surface area contributed by atoms with Crippen LogP contribution in [0.5, 0.6) is 0 Å². The minimum absolute atomic E-state index is 0.0122. The summed E-state index contributed by atoms with van der Waals surface area (Å²) in [6.07, 6.45) is -0.162. The maximum absolute atomic E-state index is 12.1. The number of rotatable bonds is 3. The first kappa shape index (κ1) is 12.2. The average molecular weight is 261 g/mol. The Hall–Kier alpha value is -1.88. The molecule has 3 atom stereocenters. The van der Waals surface area contributed by atoms with Gasteiger partial charge in [-0.25, -0.2) is 4.79 Å². The molecule has 0 radical (unpaired) electrons. The minimum atomic E-state index is -0.578. The molecule has 0 unspecified atom stereocenters. The lowest BCUT2D eigenvalue weighted by Crippen LogP contribution is -2.44. The summed E-state index contributed by atoms with van der Waals surface area (Å²) >= 11 is 0. The van der Waals surface area contributed by atoms with E-state index in [9.17, 15) is 9.59 Å². The highest BCUT2D eigenvalue weighted by atomic mass is 16.6. The minimum Gasteiger partial charge on any atom is -0.459 e. The number of carbonyl (C=O) groups excluding carboxylic acids is 2. The molecule has 100 valence electrons. The van der Waals surface area contributed by atoms with Crippen LogP contribution in [-0.4, -0.2) is 41.6 Å². The molecule has 0 saturated carbocycles. The van der Waals surface area contributed by atoms with Gasteiger partial charge in [0.15, 0.2) is 6.04 Å². The number of fused-ring (bicyclic) bond motifs is 1. The number of carbonyl (C=O) groups is 2. The molecule has 3 rings (SSSR count). The van der Waals surface area contributed by atoms with Crippen molar-refractivity contribution < 1.29 is 19.1 Å². The normalized spacial score (nSPS) is 27.8. The van der Waals surface area contributed by atoms with Crippen LogP contribution in [0.15, 0.2) is 30.3 Å². The van der Waals surface area contributed by atoms with E-state index in [-0.39, 0.29) is 30.7 Å². The van der Waals surface area contributed by atoms with Crippen molar-refractivity contribution in [1.29, 1.82) is 0 Å². The molecular formula is C14H15NO4. The largest absolute Gasteiger partial charge is 0.459 e. The summed E-state index contributed by atoms with van der Waals surface area (Å²) in [5.74, 6) is -0.499. The molecule has 0 bridgehead atoms. The van der Waals surface area contributed by atoms with E-state index in [0.717, 1.165) is 5.56 Å². The Morgan fingerprint density at radius 3 is 2.79 bits per heavy atom. The monoisotopic (exact) mass is 261 g/mol. The number of likely N-dealkylation sites (tertiary alicyclic amines) is 1. The molecule has 1 aromatic rings. The highest BCUT2D eigenvalue weighted by Crippen LogP contribution is 2.37. The molecule has 5 heteroatoms. The quantitative estimate of drug-likeness (QED) is 0.594. The first-order valence-corrected chi connectivity index (χ1v) is 6.30. The van der Waals surface area contributed by atoms with Crippen LogP contribution in [0.4, 0.5) is 0 Å². The fourth-order valence-corrected chi connectivity index (χ4v) is 2.47. The molecule has 2 fully saturated rings. The highest BCUT2D eigenvalue weighted by Gasteiger charge is 2.59. The molecule has 2 aliphatic heterocycles. The van der Waals surface area contributed by atoms with Crippen LogP contribution < -0.4 is 0 Å². The summed E-state index contributed by atoms with van der Waals surface area (Å²) in [5.41, 5.74) is 0.927. The molecular weight excluding hydrogens is 246 g/mol. The molecule has 1 aromatic carbocycles. The lowest BCUT2D eigenvalue weighted by Gasteiger charge is -2.23. The van der Waals surface area contributed by atoms with Gasteiger partial charge >= 0.3 is 5.97 Å². The predicted molar refractivity (Wildman–Crippen MR) is 66.1 cm³/mol. The number of esters is 1. The Balaban J connectivity index is 1.62. The molecule has 5 nitrogen and oxygen atoms in total. The third kappa shape index (κ3) is 2.33. The van der Waals surface area contributed by atoms with Crippen LogP contribution in [0.1, 0.15) is 12.5 Å². The first-order valence-electron chi connectivity index (χ1n) is 6.30. The van der Waals surface area contributed by atoms with E-state index in [4.69, 9.17) is 9.47 Å². The zero-order valence-electron chi connectivity index (χ0n) is 10.6. The number of benzene rings is 1. The first-order chi connectivity index (χ1) is 9.16. The van der Waals surface area contributed by atoms with Crippen LogP contribution in [-0.2, 0) is 25.7 Å². The Morgan fingerprint density at radius 2 is 2.11 bits per heavy atom. The van der Waals surface area contributed by atoms with Gasteiger partial charge in [0.05, 0.1) is 6.54 Å². The van der Waals surface area contributed by atoms with Crippen LogP contribution in [0.25, 0.3) is 0 Å². The number of hydrogen-bond donors (Lipinski definition) is 0. The molecule has 1 amide bonds. The number of amides is 1.